The van der Waals surface area contributed by atoms with Crippen LogP contribution < -0.4 is 0 Å². The molecule has 1 aliphatic heterocycles. The van der Waals surface area contributed by atoms with Gasteiger partial charge in [-0.1, -0.05) is 66.7 Å². The van der Waals surface area contributed by atoms with Gasteiger partial charge >= 0.3 is 0 Å². The Kier molecular flexibility index (Phi) is 4.64. The number of benzene rings is 3. The molecule has 30 heavy (non-hydrogen) atoms. The van der Waals surface area contributed by atoms with E-state index in [1.54, 1.807) is 0 Å². The molecule has 0 spiro atoms. The van der Waals surface area contributed by atoms with Crippen molar-refractivity contribution < 1.29 is 9.90 Å². The van der Waals surface area contributed by atoms with E-state index >= 15 is 0 Å². The highest BCUT2D eigenvalue weighted by molar-refractivity contribution is 6.01. The molecule has 4 nitrogen and oxygen atoms in total. The van der Waals surface area contributed by atoms with E-state index in [1.165, 1.54) is 0 Å². The van der Waals surface area contributed by atoms with Crippen LogP contribution >= 0.6 is 0 Å². The quantitative estimate of drug-likeness (QED) is 0.517. The topological polar surface area (TPSA) is 56.3 Å². The number of H-pyrrole nitrogens is 1. The van der Waals surface area contributed by atoms with Gasteiger partial charge in [-0.3, -0.25) is 4.79 Å². The third-order valence-corrected chi connectivity index (χ3v) is 6.13. The Hall–Kier alpha value is -3.37. The molecule has 150 valence electrons. The van der Waals surface area contributed by atoms with E-state index in [-0.39, 0.29) is 24.6 Å². The number of fused-ring (bicyclic) bond motifs is 2. The number of aliphatic hydroxyl groups excluding tert-OH is 1. The number of amides is 1. The molecule has 4 heteroatoms. The number of nitrogens with one attached hydrogen (secondary N) is 1. The third kappa shape index (κ3) is 2.92. The third-order valence-electron chi connectivity index (χ3n) is 6.13. The maximum absolute atomic E-state index is 13.5. The number of aryl methyl sites for hydroxylation is 1. The van der Waals surface area contributed by atoms with Gasteiger partial charge in [0.1, 0.15) is 0 Å². The van der Waals surface area contributed by atoms with E-state index in [9.17, 15) is 9.90 Å². The molecular formula is C26H24N2O2. The molecule has 1 amide bonds. The molecule has 1 aromatic heterocycles. The van der Waals surface area contributed by atoms with Crippen molar-refractivity contribution in [3.63, 3.8) is 0 Å². The van der Waals surface area contributed by atoms with Crippen molar-refractivity contribution in [1.82, 2.24) is 9.88 Å². The molecule has 5 rings (SSSR count). The number of carbonyl (C=O) groups excluding carboxylic acids is 1. The molecule has 0 aliphatic carbocycles. The summed E-state index contributed by atoms with van der Waals surface area (Å²) in [7, 11) is 0. The first-order chi connectivity index (χ1) is 14.7. The van der Waals surface area contributed by atoms with Crippen molar-refractivity contribution in [3.8, 4) is 0 Å². The number of carbonyl (C=O) groups is 1. The Morgan fingerprint density at radius 1 is 0.967 bits per heavy atom. The first-order valence-electron chi connectivity index (χ1n) is 10.3. The van der Waals surface area contributed by atoms with Gasteiger partial charge in [-0.15, -0.1) is 0 Å². The molecule has 0 saturated carbocycles. The zero-order chi connectivity index (χ0) is 20.7. The van der Waals surface area contributed by atoms with Gasteiger partial charge in [0, 0.05) is 27.7 Å². The second-order valence-corrected chi connectivity index (χ2v) is 7.94. The van der Waals surface area contributed by atoms with Gasteiger partial charge in [0.15, 0.2) is 0 Å². The summed E-state index contributed by atoms with van der Waals surface area (Å²) in [6.07, 6.45) is 0.606. The minimum absolute atomic E-state index is 0.0183. The summed E-state index contributed by atoms with van der Waals surface area (Å²) in [5.41, 5.74) is 6.04. The van der Waals surface area contributed by atoms with Crippen LogP contribution in [-0.2, 0) is 6.42 Å². The highest BCUT2D eigenvalue weighted by Gasteiger charge is 2.42. The summed E-state index contributed by atoms with van der Waals surface area (Å²) in [5.74, 6) is -0.0183. The second kappa shape index (κ2) is 7.47. The molecule has 3 aromatic carbocycles. The second-order valence-electron chi connectivity index (χ2n) is 7.94. The molecule has 0 radical (unpaired) electrons. The molecule has 2 atom stereocenters. The predicted octanol–water partition coefficient (Wildman–Crippen LogP) is 4.63. The van der Waals surface area contributed by atoms with E-state index in [0.717, 1.165) is 38.9 Å². The van der Waals surface area contributed by atoms with Gasteiger partial charge in [0.2, 0.25) is 0 Å². The molecule has 2 N–H and O–H groups in total. The first kappa shape index (κ1) is 18.6. The molecule has 4 aromatic rings. The average Bonchev–Trinajstić information content (AvgIpc) is 3.26. The zero-order valence-corrected chi connectivity index (χ0v) is 16.9. The fourth-order valence-electron chi connectivity index (χ4n) is 4.80. The van der Waals surface area contributed by atoms with Gasteiger partial charge in [-0.05, 0) is 36.6 Å². The fraction of sp³-hybridized carbons (Fsp3) is 0.192. The van der Waals surface area contributed by atoms with Crippen LogP contribution in [0.2, 0.25) is 0 Å². The van der Waals surface area contributed by atoms with Crippen LogP contribution in [0.15, 0.2) is 78.9 Å². The van der Waals surface area contributed by atoms with Crippen molar-refractivity contribution >= 4 is 16.8 Å². The number of hydrogen-bond acceptors (Lipinski definition) is 2. The normalized spacial score (nSPS) is 16.8. The Balaban J connectivity index is 1.67. The number of aliphatic hydroxyl groups is 1. The maximum atomic E-state index is 13.5. The van der Waals surface area contributed by atoms with E-state index in [1.807, 2.05) is 71.6 Å². The fourth-order valence-corrected chi connectivity index (χ4v) is 4.80. The monoisotopic (exact) mass is 396 g/mol. The highest BCUT2D eigenvalue weighted by atomic mass is 16.3. The van der Waals surface area contributed by atoms with Gasteiger partial charge in [-0.2, -0.15) is 0 Å². The van der Waals surface area contributed by atoms with Crippen molar-refractivity contribution in [3.05, 3.63) is 107 Å². The van der Waals surface area contributed by atoms with Gasteiger partial charge in [0.05, 0.1) is 18.7 Å². The SMILES string of the molecule is Cc1[nH]c2ccccc2c1[C@H]1c2ccccc2C(=O)N1[C@@H](CO)Cc1ccccc1. The van der Waals surface area contributed by atoms with Gasteiger partial charge in [0.25, 0.3) is 5.91 Å². The van der Waals surface area contributed by atoms with Crippen LogP contribution in [0, 0.1) is 6.92 Å². The molecule has 0 unspecified atom stereocenters. The summed E-state index contributed by atoms with van der Waals surface area (Å²) in [5, 5.41) is 11.5. The Morgan fingerprint density at radius 3 is 2.47 bits per heavy atom. The average molecular weight is 396 g/mol. The Morgan fingerprint density at radius 2 is 1.67 bits per heavy atom. The van der Waals surface area contributed by atoms with Crippen LogP contribution in [0.5, 0.6) is 0 Å². The van der Waals surface area contributed by atoms with Gasteiger partial charge in [-0.25, -0.2) is 0 Å². The van der Waals surface area contributed by atoms with E-state index in [0.29, 0.717) is 6.42 Å². The number of para-hydroxylation sites is 1. The zero-order valence-electron chi connectivity index (χ0n) is 16.9. The smallest absolute Gasteiger partial charge is 0.255 e. The predicted molar refractivity (Wildman–Crippen MR) is 119 cm³/mol. The van der Waals surface area contributed by atoms with Crippen molar-refractivity contribution in [2.24, 2.45) is 0 Å². The summed E-state index contributed by atoms with van der Waals surface area (Å²) in [6.45, 7) is 1.97. The first-order valence-corrected chi connectivity index (χ1v) is 10.3. The molecule has 0 saturated heterocycles. The Labute approximate surface area is 175 Å². The summed E-state index contributed by atoms with van der Waals surface area (Å²) >= 11 is 0. The minimum Gasteiger partial charge on any atom is -0.394 e. The summed E-state index contributed by atoms with van der Waals surface area (Å²) < 4.78 is 0. The lowest BCUT2D eigenvalue weighted by Gasteiger charge is -2.33. The number of aromatic nitrogens is 1. The number of hydrogen-bond donors (Lipinski definition) is 2. The lowest BCUT2D eigenvalue weighted by Crippen LogP contribution is -2.42. The molecule has 0 fully saturated rings. The Bertz CT molecular complexity index is 1210. The minimum atomic E-state index is -0.314. The highest BCUT2D eigenvalue weighted by Crippen LogP contribution is 2.44. The van der Waals surface area contributed by atoms with Crippen molar-refractivity contribution in [2.45, 2.75) is 25.4 Å². The van der Waals surface area contributed by atoms with Crippen LogP contribution in [0.1, 0.15) is 38.8 Å². The van der Waals surface area contributed by atoms with E-state index < -0.39 is 0 Å². The lowest BCUT2D eigenvalue weighted by atomic mass is 9.94. The van der Waals surface area contributed by atoms with Crippen molar-refractivity contribution in [2.75, 3.05) is 6.61 Å². The van der Waals surface area contributed by atoms with Crippen molar-refractivity contribution in [1.29, 1.82) is 0 Å². The summed E-state index contributed by atoms with van der Waals surface area (Å²) in [4.78, 5) is 18.9. The van der Waals surface area contributed by atoms with Crippen LogP contribution in [0.4, 0.5) is 0 Å². The van der Waals surface area contributed by atoms with Gasteiger partial charge < -0.3 is 15.0 Å². The van der Waals surface area contributed by atoms with E-state index in [2.05, 4.69) is 24.0 Å². The molecule has 1 aliphatic rings. The molecule has 0 bridgehead atoms. The number of aromatic amines is 1. The van der Waals surface area contributed by atoms with Crippen LogP contribution in [-0.4, -0.2) is 33.5 Å². The standard InChI is InChI=1S/C26H24N2O2/c1-17-24(22-13-7-8-14-23(22)27-17)25-20-11-5-6-12-21(20)26(30)28(25)19(16-29)15-18-9-3-2-4-10-18/h2-14,19,25,27,29H,15-16H2,1H3/t19-,25-/m1/s1. The van der Waals surface area contributed by atoms with E-state index in [4.69, 9.17) is 0 Å². The number of rotatable bonds is 5. The maximum Gasteiger partial charge on any atom is 0.255 e. The number of nitrogens with zero attached hydrogens (tertiary/aromatic N) is 1. The lowest BCUT2D eigenvalue weighted by molar-refractivity contribution is 0.0566. The summed E-state index contributed by atoms with van der Waals surface area (Å²) in [6, 6.07) is 25.5. The largest absolute Gasteiger partial charge is 0.394 e. The van der Waals surface area contributed by atoms with Crippen LogP contribution in [0.3, 0.4) is 0 Å². The van der Waals surface area contributed by atoms with Crippen LogP contribution in [0.25, 0.3) is 10.9 Å². The molecule has 2 heterocycles. The molecular weight excluding hydrogens is 372 g/mol.